The van der Waals surface area contributed by atoms with E-state index in [4.69, 9.17) is 4.84 Å². The largest absolute Gasteiger partial charge is 0.386 e. The van der Waals surface area contributed by atoms with Gasteiger partial charge in [-0.15, -0.1) is 0 Å². The van der Waals surface area contributed by atoms with Crippen molar-refractivity contribution in [1.29, 1.82) is 0 Å². The number of nitrogens with one attached hydrogen (secondary N) is 2. The van der Waals surface area contributed by atoms with Gasteiger partial charge in [0.2, 0.25) is 0 Å². The third kappa shape index (κ3) is 6.56. The van der Waals surface area contributed by atoms with Gasteiger partial charge < -0.3 is 15.5 Å². The fourth-order valence-corrected chi connectivity index (χ4v) is 1.62. The monoisotopic (exact) mass is 291 g/mol. The summed E-state index contributed by atoms with van der Waals surface area (Å²) in [6.07, 6.45) is 1.86. The number of nitrogens with zero attached hydrogens (tertiary/aromatic N) is 1. The molecule has 0 fully saturated rings. The Kier molecular flexibility index (Phi) is 6.94. The Morgan fingerprint density at radius 1 is 1.33 bits per heavy atom. The van der Waals surface area contributed by atoms with E-state index in [1.807, 2.05) is 39.0 Å². The van der Waals surface area contributed by atoms with Crippen LogP contribution in [0.25, 0.3) is 0 Å². The Hall–Kier alpha value is -2.37. The molecule has 2 amide bonds. The third-order valence-corrected chi connectivity index (χ3v) is 2.65. The molecule has 0 unspecified atom stereocenters. The number of anilines is 1. The number of amides is 2. The van der Waals surface area contributed by atoms with Crippen LogP contribution in [0.15, 0.2) is 23.4 Å². The maximum absolute atomic E-state index is 11.6. The molecule has 1 aromatic carbocycles. The lowest BCUT2D eigenvalue weighted by Gasteiger charge is -2.06. The maximum atomic E-state index is 11.6. The topological polar surface area (TPSA) is 79.8 Å². The highest BCUT2D eigenvalue weighted by Gasteiger charge is 2.03. The predicted octanol–water partition coefficient (Wildman–Crippen LogP) is 1.77. The highest BCUT2D eigenvalue weighted by atomic mass is 16.6. The van der Waals surface area contributed by atoms with Crippen molar-refractivity contribution in [1.82, 2.24) is 5.32 Å². The van der Waals surface area contributed by atoms with Gasteiger partial charge in [0.1, 0.15) is 6.21 Å². The molecule has 0 radical (unpaired) electrons. The molecule has 2 N–H and O–H groups in total. The van der Waals surface area contributed by atoms with Crippen LogP contribution in [0.2, 0.25) is 0 Å². The van der Waals surface area contributed by atoms with Crippen LogP contribution in [-0.4, -0.2) is 31.2 Å². The van der Waals surface area contributed by atoms with Crippen molar-refractivity contribution in [2.45, 2.75) is 27.2 Å². The summed E-state index contributed by atoms with van der Waals surface area (Å²) in [5, 5.41) is 8.79. The van der Waals surface area contributed by atoms with Gasteiger partial charge in [-0.05, 0) is 31.9 Å². The Labute approximate surface area is 124 Å². The van der Waals surface area contributed by atoms with Gasteiger partial charge in [-0.3, -0.25) is 9.59 Å². The van der Waals surface area contributed by atoms with Crippen molar-refractivity contribution >= 4 is 23.7 Å². The van der Waals surface area contributed by atoms with Gasteiger partial charge >= 0.3 is 0 Å². The molecule has 1 aromatic rings. The van der Waals surface area contributed by atoms with Crippen molar-refractivity contribution < 1.29 is 14.4 Å². The first-order chi connectivity index (χ1) is 10.0. The second-order valence-corrected chi connectivity index (χ2v) is 4.67. The van der Waals surface area contributed by atoms with E-state index in [2.05, 4.69) is 15.8 Å². The first-order valence-corrected chi connectivity index (χ1v) is 6.83. The summed E-state index contributed by atoms with van der Waals surface area (Å²) >= 11 is 0. The molecule has 0 aliphatic heterocycles. The molecule has 0 atom stereocenters. The Morgan fingerprint density at radius 2 is 2.10 bits per heavy atom. The van der Waals surface area contributed by atoms with Crippen LogP contribution in [0.5, 0.6) is 0 Å². The first kappa shape index (κ1) is 16.7. The second-order valence-electron chi connectivity index (χ2n) is 4.67. The first-order valence-electron chi connectivity index (χ1n) is 6.83. The summed E-state index contributed by atoms with van der Waals surface area (Å²) < 4.78 is 0. The number of rotatable bonds is 7. The molecule has 1 rings (SSSR count). The smallest absolute Gasteiger partial charge is 0.270 e. The molecular weight excluding hydrogens is 270 g/mol. The van der Waals surface area contributed by atoms with E-state index in [0.29, 0.717) is 6.54 Å². The molecule has 0 saturated heterocycles. The standard InChI is InChI=1S/C15H21N3O3/c1-4-7-16-15(20)10-21-17-9-14(19)18-13-6-5-11(2)8-12(13)3/h5-6,8-9H,4,7,10H2,1-3H3,(H,16,20)(H,18,19)/b17-9-. The summed E-state index contributed by atoms with van der Waals surface area (Å²) in [4.78, 5) is 27.6. The highest BCUT2D eigenvalue weighted by molar-refractivity contribution is 6.31. The number of aryl methyl sites for hydroxylation is 2. The normalized spacial score (nSPS) is 10.4. The number of hydrogen-bond donors (Lipinski definition) is 2. The number of carbonyl (C=O) groups excluding carboxylic acids is 2. The van der Waals surface area contributed by atoms with E-state index in [0.717, 1.165) is 29.4 Å². The molecule has 0 spiro atoms. The molecule has 0 bridgehead atoms. The molecule has 6 nitrogen and oxygen atoms in total. The van der Waals surface area contributed by atoms with Crippen LogP contribution >= 0.6 is 0 Å². The predicted molar refractivity (Wildman–Crippen MR) is 82.3 cm³/mol. The van der Waals surface area contributed by atoms with Gasteiger partial charge in [0.25, 0.3) is 11.8 Å². The molecule has 114 valence electrons. The zero-order chi connectivity index (χ0) is 15.7. The third-order valence-electron chi connectivity index (χ3n) is 2.65. The number of carbonyl (C=O) groups is 2. The Balaban J connectivity index is 2.36. The quantitative estimate of drug-likeness (QED) is 0.593. The van der Waals surface area contributed by atoms with Crippen molar-refractivity contribution in [3.8, 4) is 0 Å². The summed E-state index contributed by atoms with van der Waals surface area (Å²) in [6, 6.07) is 5.71. The van der Waals surface area contributed by atoms with Gasteiger partial charge in [0.05, 0.1) is 0 Å². The van der Waals surface area contributed by atoms with Gasteiger partial charge in [-0.1, -0.05) is 29.8 Å². The minimum absolute atomic E-state index is 0.201. The Morgan fingerprint density at radius 3 is 2.76 bits per heavy atom. The van der Waals surface area contributed by atoms with Gasteiger partial charge in [-0.2, -0.15) is 0 Å². The van der Waals surface area contributed by atoms with Crippen LogP contribution in [0, 0.1) is 13.8 Å². The summed E-state index contributed by atoms with van der Waals surface area (Å²) in [6.45, 7) is 6.24. The van der Waals surface area contributed by atoms with E-state index in [-0.39, 0.29) is 12.5 Å². The van der Waals surface area contributed by atoms with Crippen molar-refractivity contribution in [3.63, 3.8) is 0 Å². The maximum Gasteiger partial charge on any atom is 0.270 e. The van der Waals surface area contributed by atoms with Gasteiger partial charge in [0.15, 0.2) is 6.61 Å². The average Bonchev–Trinajstić information content (AvgIpc) is 2.44. The lowest BCUT2D eigenvalue weighted by molar-refractivity contribution is -0.125. The van der Waals surface area contributed by atoms with Crippen LogP contribution in [0.1, 0.15) is 24.5 Å². The van der Waals surface area contributed by atoms with Gasteiger partial charge in [-0.25, -0.2) is 0 Å². The van der Waals surface area contributed by atoms with Crippen LogP contribution in [0.4, 0.5) is 5.69 Å². The van der Waals surface area contributed by atoms with E-state index < -0.39 is 5.91 Å². The SMILES string of the molecule is CCCNC(=O)CO/N=C\C(=O)Nc1ccc(C)cc1C. The van der Waals surface area contributed by atoms with Gasteiger partial charge in [0, 0.05) is 12.2 Å². The Bertz CT molecular complexity index is 527. The molecule has 0 aliphatic rings. The molecular formula is C15H21N3O3. The van der Waals surface area contributed by atoms with Crippen LogP contribution in [-0.2, 0) is 14.4 Å². The van der Waals surface area contributed by atoms with Crippen molar-refractivity contribution in [3.05, 3.63) is 29.3 Å². The van der Waals surface area contributed by atoms with E-state index in [1.165, 1.54) is 0 Å². The molecule has 0 saturated carbocycles. The number of hydrogen-bond acceptors (Lipinski definition) is 4. The second kappa shape index (κ2) is 8.73. The molecule has 0 heterocycles. The minimum atomic E-state index is -0.407. The summed E-state index contributed by atoms with van der Waals surface area (Å²) in [5.41, 5.74) is 2.81. The zero-order valence-corrected chi connectivity index (χ0v) is 12.6. The molecule has 0 aromatic heterocycles. The van der Waals surface area contributed by atoms with E-state index >= 15 is 0 Å². The molecule has 21 heavy (non-hydrogen) atoms. The van der Waals surface area contributed by atoms with E-state index in [9.17, 15) is 9.59 Å². The molecule has 6 heteroatoms. The van der Waals surface area contributed by atoms with Crippen molar-refractivity contribution in [2.24, 2.45) is 5.16 Å². The summed E-state index contributed by atoms with van der Waals surface area (Å²) in [5.74, 6) is -0.667. The van der Waals surface area contributed by atoms with Crippen LogP contribution < -0.4 is 10.6 Å². The minimum Gasteiger partial charge on any atom is -0.386 e. The summed E-state index contributed by atoms with van der Waals surface area (Å²) in [7, 11) is 0. The molecule has 0 aliphatic carbocycles. The lowest BCUT2D eigenvalue weighted by atomic mass is 10.1. The fraction of sp³-hybridized carbons (Fsp3) is 0.400. The number of oxime groups is 1. The van der Waals surface area contributed by atoms with Crippen LogP contribution in [0.3, 0.4) is 0 Å². The fourth-order valence-electron chi connectivity index (χ4n) is 1.62. The zero-order valence-electron chi connectivity index (χ0n) is 12.6. The average molecular weight is 291 g/mol. The lowest BCUT2D eigenvalue weighted by Crippen LogP contribution is -2.27. The highest BCUT2D eigenvalue weighted by Crippen LogP contribution is 2.15. The number of benzene rings is 1. The van der Waals surface area contributed by atoms with Crippen molar-refractivity contribution in [2.75, 3.05) is 18.5 Å². The van der Waals surface area contributed by atoms with E-state index in [1.54, 1.807) is 0 Å².